The average molecular weight is 605 g/mol. The molecule has 3 aromatic carbocycles. The minimum Gasteiger partial charge on any atom is -0.350 e. The summed E-state index contributed by atoms with van der Waals surface area (Å²) in [5, 5.41) is 2.87. The first kappa shape index (κ1) is 29.3. The van der Waals surface area contributed by atoms with Crippen LogP contribution in [-0.4, -0.2) is 43.3 Å². The quantitative estimate of drug-likeness (QED) is 0.368. The van der Waals surface area contributed by atoms with Crippen LogP contribution in [0.3, 0.4) is 0 Å². The van der Waals surface area contributed by atoms with Gasteiger partial charge in [-0.15, -0.1) is 0 Å². The first-order chi connectivity index (χ1) is 17.8. The Bertz CT molecular complexity index is 1360. The highest BCUT2D eigenvalue weighted by Gasteiger charge is 2.33. The average Bonchev–Trinajstić information content (AvgIpc) is 2.86. The van der Waals surface area contributed by atoms with Gasteiger partial charge in [-0.3, -0.25) is 13.9 Å². The van der Waals surface area contributed by atoms with Crippen molar-refractivity contribution in [3.05, 3.63) is 94.7 Å². The lowest BCUT2D eigenvalue weighted by Gasteiger charge is -2.33. The Morgan fingerprint density at radius 3 is 2.08 bits per heavy atom. The van der Waals surface area contributed by atoms with Crippen LogP contribution >= 0.6 is 15.9 Å². The molecule has 0 unspecified atom stereocenters. The van der Waals surface area contributed by atoms with E-state index in [2.05, 4.69) is 21.2 Å². The largest absolute Gasteiger partial charge is 0.350 e. The molecule has 0 saturated heterocycles. The molecule has 0 aliphatic heterocycles. The number of anilines is 1. The van der Waals surface area contributed by atoms with E-state index in [9.17, 15) is 22.4 Å². The van der Waals surface area contributed by atoms with Crippen molar-refractivity contribution in [2.24, 2.45) is 0 Å². The fourth-order valence-electron chi connectivity index (χ4n) is 3.70. The Labute approximate surface area is 231 Å². The minimum atomic E-state index is -4.13. The van der Waals surface area contributed by atoms with Crippen molar-refractivity contribution in [1.82, 2.24) is 10.2 Å². The van der Waals surface area contributed by atoms with E-state index in [4.69, 9.17) is 0 Å². The molecule has 0 spiro atoms. The van der Waals surface area contributed by atoms with Crippen molar-refractivity contribution in [3.8, 4) is 0 Å². The fourth-order valence-corrected chi connectivity index (χ4v) is 5.40. The number of halogens is 2. The van der Waals surface area contributed by atoms with Gasteiger partial charge in [0.2, 0.25) is 11.8 Å². The Hall–Kier alpha value is -3.24. The smallest absolute Gasteiger partial charge is 0.264 e. The van der Waals surface area contributed by atoms with Crippen molar-refractivity contribution in [2.75, 3.05) is 10.8 Å². The summed E-state index contributed by atoms with van der Waals surface area (Å²) in [6.45, 7) is 6.49. The predicted molar refractivity (Wildman–Crippen MR) is 149 cm³/mol. The zero-order valence-corrected chi connectivity index (χ0v) is 24.1. The zero-order valence-electron chi connectivity index (χ0n) is 21.7. The molecule has 0 heterocycles. The second kappa shape index (κ2) is 12.1. The van der Waals surface area contributed by atoms with E-state index in [1.165, 1.54) is 41.3 Å². The van der Waals surface area contributed by atoms with Gasteiger partial charge in [-0.25, -0.2) is 12.8 Å². The summed E-state index contributed by atoms with van der Waals surface area (Å²) >= 11 is 3.35. The van der Waals surface area contributed by atoms with E-state index in [0.717, 1.165) is 8.78 Å². The molecule has 0 radical (unpaired) electrons. The van der Waals surface area contributed by atoms with Gasteiger partial charge < -0.3 is 10.2 Å². The second-order valence-electron chi connectivity index (χ2n) is 9.86. The van der Waals surface area contributed by atoms with Crippen molar-refractivity contribution in [2.45, 2.75) is 50.7 Å². The highest BCUT2D eigenvalue weighted by molar-refractivity contribution is 9.10. The van der Waals surface area contributed by atoms with Crippen LogP contribution in [0.5, 0.6) is 0 Å². The summed E-state index contributed by atoms with van der Waals surface area (Å²) in [6.07, 6.45) is 0. The van der Waals surface area contributed by atoms with Gasteiger partial charge in [0.25, 0.3) is 10.0 Å². The molecule has 3 rings (SSSR count). The van der Waals surface area contributed by atoms with Crippen molar-refractivity contribution in [1.29, 1.82) is 0 Å². The van der Waals surface area contributed by atoms with E-state index in [1.807, 2.05) is 20.8 Å². The topological polar surface area (TPSA) is 86.8 Å². The molecule has 202 valence electrons. The molecule has 0 saturated carbocycles. The number of nitrogens with one attached hydrogen (secondary N) is 1. The zero-order chi connectivity index (χ0) is 28.1. The highest BCUT2D eigenvalue weighted by atomic mass is 79.9. The second-order valence-corrected chi connectivity index (χ2v) is 12.6. The summed E-state index contributed by atoms with van der Waals surface area (Å²) in [5.74, 6) is -1.41. The molecular weight excluding hydrogens is 573 g/mol. The number of carbonyl (C=O) groups is 2. The molecule has 0 aliphatic rings. The van der Waals surface area contributed by atoms with E-state index < -0.39 is 45.8 Å². The fraction of sp³-hybridized carbons (Fsp3) is 0.286. The van der Waals surface area contributed by atoms with Gasteiger partial charge in [0.1, 0.15) is 18.4 Å². The molecule has 3 aromatic rings. The molecular formula is C28H31BrFN3O4S. The molecule has 1 atom stereocenters. The van der Waals surface area contributed by atoms with Gasteiger partial charge in [0.05, 0.1) is 10.6 Å². The maximum atomic E-state index is 13.8. The third-order valence-corrected chi connectivity index (χ3v) is 7.97. The van der Waals surface area contributed by atoms with Crippen molar-refractivity contribution < 1.29 is 22.4 Å². The maximum Gasteiger partial charge on any atom is 0.264 e. The molecule has 0 aliphatic carbocycles. The molecule has 0 fully saturated rings. The summed E-state index contributed by atoms with van der Waals surface area (Å²) in [6, 6.07) is 19.0. The number of benzene rings is 3. The molecule has 10 heteroatoms. The van der Waals surface area contributed by atoms with E-state index in [1.54, 1.807) is 49.4 Å². The highest BCUT2D eigenvalue weighted by Crippen LogP contribution is 2.26. The summed E-state index contributed by atoms with van der Waals surface area (Å²) in [7, 11) is -4.13. The Balaban J connectivity index is 2.01. The molecule has 0 aromatic heterocycles. The molecule has 38 heavy (non-hydrogen) atoms. The van der Waals surface area contributed by atoms with Crippen LogP contribution in [0.1, 0.15) is 33.3 Å². The number of hydrogen-bond donors (Lipinski definition) is 1. The van der Waals surface area contributed by atoms with E-state index in [0.29, 0.717) is 11.3 Å². The van der Waals surface area contributed by atoms with Gasteiger partial charge >= 0.3 is 0 Å². The van der Waals surface area contributed by atoms with Crippen LogP contribution in [-0.2, 0) is 26.2 Å². The lowest BCUT2D eigenvalue weighted by Crippen LogP contribution is -2.54. The Morgan fingerprint density at radius 2 is 1.53 bits per heavy atom. The summed E-state index contributed by atoms with van der Waals surface area (Å²) in [4.78, 5) is 28.2. The molecule has 1 N–H and O–H groups in total. The maximum absolute atomic E-state index is 13.8. The normalized spacial score (nSPS) is 12.5. The standard InChI is InChI=1S/C28H31BrFN3O4S/c1-20(27(35)31-28(2,3)4)32(18-21-10-14-23(30)15-11-21)26(34)19-33(24-16-12-22(29)13-17-24)38(36,37)25-8-6-5-7-9-25/h5-17,20H,18-19H2,1-4H3,(H,31,35)/t20-/m1/s1. The lowest BCUT2D eigenvalue weighted by atomic mass is 10.1. The number of nitrogens with zero attached hydrogens (tertiary/aromatic N) is 2. The van der Waals surface area contributed by atoms with Gasteiger partial charge in [0, 0.05) is 16.6 Å². The van der Waals surface area contributed by atoms with Gasteiger partial charge in [-0.2, -0.15) is 0 Å². The molecule has 0 bridgehead atoms. The van der Waals surface area contributed by atoms with Crippen molar-refractivity contribution >= 4 is 43.5 Å². The summed E-state index contributed by atoms with van der Waals surface area (Å²) < 4.78 is 42.7. The third kappa shape index (κ3) is 7.64. The summed E-state index contributed by atoms with van der Waals surface area (Å²) in [5.41, 5.74) is 0.339. The third-order valence-electron chi connectivity index (χ3n) is 5.66. The Morgan fingerprint density at radius 1 is 0.947 bits per heavy atom. The number of amides is 2. The van der Waals surface area contributed by atoms with Gasteiger partial charge in [-0.05, 0) is 81.8 Å². The van der Waals surface area contributed by atoms with Crippen LogP contribution < -0.4 is 9.62 Å². The first-order valence-electron chi connectivity index (χ1n) is 12.0. The number of hydrogen-bond acceptors (Lipinski definition) is 4. The van der Waals surface area contributed by atoms with Crippen LogP contribution in [0.15, 0.2) is 88.2 Å². The Kier molecular flexibility index (Phi) is 9.32. The van der Waals surface area contributed by atoms with Gasteiger partial charge in [0.15, 0.2) is 0 Å². The van der Waals surface area contributed by atoms with Crippen LogP contribution in [0.4, 0.5) is 10.1 Å². The monoisotopic (exact) mass is 603 g/mol. The van der Waals surface area contributed by atoms with Gasteiger partial charge in [-0.1, -0.05) is 46.3 Å². The molecule has 7 nitrogen and oxygen atoms in total. The first-order valence-corrected chi connectivity index (χ1v) is 14.2. The van der Waals surface area contributed by atoms with Crippen LogP contribution in [0.25, 0.3) is 0 Å². The number of sulfonamides is 1. The molecule has 2 amide bonds. The van der Waals surface area contributed by atoms with Crippen LogP contribution in [0.2, 0.25) is 0 Å². The predicted octanol–water partition coefficient (Wildman–Crippen LogP) is 5.12. The number of carbonyl (C=O) groups excluding carboxylic acids is 2. The minimum absolute atomic E-state index is 0.0165. The SMILES string of the molecule is C[C@H](C(=O)NC(C)(C)C)N(Cc1ccc(F)cc1)C(=O)CN(c1ccc(Br)cc1)S(=O)(=O)c1ccccc1. The number of rotatable bonds is 9. The van der Waals surface area contributed by atoms with E-state index >= 15 is 0 Å². The van der Waals surface area contributed by atoms with Crippen LogP contribution in [0, 0.1) is 5.82 Å². The van der Waals surface area contributed by atoms with Crippen molar-refractivity contribution in [3.63, 3.8) is 0 Å². The van der Waals surface area contributed by atoms with E-state index in [-0.39, 0.29) is 11.4 Å². The lowest BCUT2D eigenvalue weighted by molar-refractivity contribution is -0.140.